The molecule has 1 amide bonds. The number of amides is 1. The zero-order chi connectivity index (χ0) is 42.6. The highest BCUT2D eigenvalue weighted by atomic mass is 19.2. The molecule has 0 spiro atoms. The third-order valence-corrected chi connectivity index (χ3v) is 12.0. The summed E-state index contributed by atoms with van der Waals surface area (Å²) >= 11 is 0. The summed E-state index contributed by atoms with van der Waals surface area (Å²) in [4.78, 5) is 30.6. The van der Waals surface area contributed by atoms with Gasteiger partial charge in [-0.1, -0.05) is 113 Å². The summed E-state index contributed by atoms with van der Waals surface area (Å²) in [7, 11) is 0. The zero-order valence-electron chi connectivity index (χ0n) is 35.5. The molecule has 2 N–H and O–H groups in total. The molecule has 11 heteroatoms. The molecule has 2 aliphatic rings. The molecule has 0 bridgehead atoms. The van der Waals surface area contributed by atoms with Gasteiger partial charge in [-0.25, -0.2) is 9.78 Å². The van der Waals surface area contributed by atoms with Gasteiger partial charge in [-0.3, -0.25) is 9.36 Å². The van der Waals surface area contributed by atoms with Gasteiger partial charge in [-0.05, 0) is 85.5 Å². The van der Waals surface area contributed by atoms with E-state index < -0.39 is 19.0 Å². The lowest BCUT2D eigenvalue weighted by Crippen LogP contribution is -2.51. The Morgan fingerprint density at radius 1 is 0.883 bits per heavy atom. The van der Waals surface area contributed by atoms with Crippen molar-refractivity contribution in [3.8, 4) is 5.82 Å². The van der Waals surface area contributed by atoms with E-state index in [1.165, 1.54) is 41.1 Å². The average Bonchev–Trinajstić information content (AvgIpc) is 3.83. The number of hydrogen-bond acceptors (Lipinski definition) is 3. The molecule has 2 aliphatic heterocycles. The van der Waals surface area contributed by atoms with Crippen LogP contribution < -0.4 is 5.32 Å². The Morgan fingerprint density at radius 2 is 1.57 bits per heavy atom. The van der Waals surface area contributed by atoms with E-state index in [9.17, 15) is 14.7 Å². The van der Waals surface area contributed by atoms with E-state index in [-0.39, 0.29) is 18.7 Å². The Labute approximate surface area is 352 Å². The van der Waals surface area contributed by atoms with Gasteiger partial charge in [-0.15, -0.1) is 0 Å². The Balaban J connectivity index is 1.19. The number of aromatic nitrogens is 3. The number of carbonyl (C=O) groups is 2. The van der Waals surface area contributed by atoms with Crippen LogP contribution in [-0.2, 0) is 16.0 Å². The number of carbonyl (C=O) groups excluding carboxylic acids is 1. The Hall–Kier alpha value is -5.84. The van der Waals surface area contributed by atoms with Crippen LogP contribution in [0.3, 0.4) is 0 Å². The van der Waals surface area contributed by atoms with E-state index in [4.69, 9.17) is 0 Å². The number of halogens is 2. The Bertz CT molecular complexity index is 2530. The van der Waals surface area contributed by atoms with E-state index in [1.807, 2.05) is 109 Å². The molecule has 312 valence electrons. The summed E-state index contributed by atoms with van der Waals surface area (Å²) in [5, 5.41) is 14.1. The predicted octanol–water partition coefficient (Wildman–Crippen LogP) is 11.1. The first kappa shape index (κ1) is 42.3. The van der Waals surface area contributed by atoms with Gasteiger partial charge < -0.3 is 28.0 Å². The normalized spacial score (nSPS) is 15.2. The van der Waals surface area contributed by atoms with Crippen molar-refractivity contribution in [2.45, 2.75) is 111 Å². The van der Waals surface area contributed by atoms with Gasteiger partial charge in [0.25, 0.3) is 0 Å². The van der Waals surface area contributed by atoms with Crippen LogP contribution >= 0.6 is 0 Å². The number of benzene rings is 2. The summed E-state index contributed by atoms with van der Waals surface area (Å²) in [5.41, 5.74) is 8.55. The van der Waals surface area contributed by atoms with Crippen molar-refractivity contribution in [3.05, 3.63) is 136 Å². The third-order valence-electron chi connectivity index (χ3n) is 12.0. The molecule has 2 aromatic carbocycles. The molecule has 3 aromatic heterocycles. The summed E-state index contributed by atoms with van der Waals surface area (Å²) < 4.78 is 36.9. The third kappa shape index (κ3) is 8.44. The van der Waals surface area contributed by atoms with Crippen LogP contribution in [-0.4, -0.2) is 54.2 Å². The fourth-order valence-electron chi connectivity index (χ4n) is 9.22. The maximum absolute atomic E-state index is 16.2. The van der Waals surface area contributed by atoms with Gasteiger partial charge in [-0.2, -0.15) is 0 Å². The highest BCUT2D eigenvalue weighted by molar-refractivity contribution is 6.58. The summed E-state index contributed by atoms with van der Waals surface area (Å²) in [6.45, 7) is 5.38. The largest absolute Gasteiger partial charge is 0.737 e. The number of carboxylic acid groups (broad SMARTS) is 1. The minimum absolute atomic E-state index is 0.0685. The maximum Gasteiger partial charge on any atom is 0.737 e. The second-order valence-electron chi connectivity index (χ2n) is 16.4. The predicted molar refractivity (Wildman–Crippen MR) is 240 cm³/mol. The first-order valence-corrected chi connectivity index (χ1v) is 21.5. The monoisotopic (exact) mass is 811 g/mol. The van der Waals surface area contributed by atoms with Crippen LogP contribution in [0, 0.1) is 13.8 Å². The molecule has 0 aliphatic carbocycles. The summed E-state index contributed by atoms with van der Waals surface area (Å²) in [6, 6.07) is 22.1. The fraction of sp³-hybridized carbons (Fsp3) is 0.347. The molecular formula is C49H56BF2N5O3. The average molecular weight is 812 g/mol. The van der Waals surface area contributed by atoms with Gasteiger partial charge in [0, 0.05) is 48.7 Å². The van der Waals surface area contributed by atoms with Crippen molar-refractivity contribution in [2.75, 3.05) is 0 Å². The Kier molecular flexibility index (Phi) is 12.8. The molecule has 7 rings (SSSR count). The van der Waals surface area contributed by atoms with Crippen molar-refractivity contribution in [1.29, 1.82) is 0 Å². The molecule has 1 atom stereocenters. The van der Waals surface area contributed by atoms with Gasteiger partial charge in [0.15, 0.2) is 5.70 Å². The summed E-state index contributed by atoms with van der Waals surface area (Å²) in [5.74, 6) is -0.680. The molecule has 0 saturated carbocycles. The van der Waals surface area contributed by atoms with Crippen LogP contribution in [0.4, 0.5) is 8.63 Å². The quantitative estimate of drug-likeness (QED) is 0.0681. The Morgan fingerprint density at radius 3 is 2.25 bits per heavy atom. The fourth-order valence-corrected chi connectivity index (χ4v) is 9.22. The van der Waals surface area contributed by atoms with Crippen LogP contribution in [0.5, 0.6) is 0 Å². The lowest BCUT2D eigenvalue weighted by Gasteiger charge is -2.34. The molecule has 0 fully saturated rings. The van der Waals surface area contributed by atoms with E-state index in [2.05, 4.69) is 17.2 Å². The number of carboxylic acids is 1. The number of nitrogens with zero attached hydrogens (tertiary/aromatic N) is 4. The molecule has 0 saturated heterocycles. The number of allylic oxidation sites excluding steroid dienone is 2. The molecule has 0 unspecified atom stereocenters. The molecule has 5 heterocycles. The number of rotatable bonds is 18. The number of pyridine rings is 1. The minimum Gasteiger partial charge on any atom is -0.480 e. The number of fused-ring (bicyclic) bond motifs is 3. The van der Waals surface area contributed by atoms with E-state index in [0.717, 1.165) is 75.7 Å². The molecule has 60 heavy (non-hydrogen) atoms. The smallest absolute Gasteiger partial charge is 0.480 e. The van der Waals surface area contributed by atoms with Crippen molar-refractivity contribution >= 4 is 53.2 Å². The zero-order valence-corrected chi connectivity index (χ0v) is 35.5. The highest BCUT2D eigenvalue weighted by Crippen LogP contribution is 2.44. The van der Waals surface area contributed by atoms with Crippen LogP contribution in [0.25, 0.3) is 34.4 Å². The number of nitrogens with one attached hydrogen (secondary N) is 1. The van der Waals surface area contributed by atoms with Gasteiger partial charge >= 0.3 is 12.9 Å². The first-order chi connectivity index (χ1) is 28.9. The maximum atomic E-state index is 16.2. The lowest BCUT2D eigenvalue weighted by molar-refractivity contribution is -0.363. The topological polar surface area (TPSA) is 92.2 Å². The summed E-state index contributed by atoms with van der Waals surface area (Å²) in [6.07, 6.45) is 18.0. The van der Waals surface area contributed by atoms with Crippen molar-refractivity contribution < 1.29 is 27.8 Å². The SMILES string of the molecule is CCCCCCCCCCCC(=O)N[C@@H](Cc1c(/C=C/c2ccc(C3=C4C(C)=CC(C)=[N+]4[B-](F)(F)n4c(C)cc(C)c43)cc2)n(-c2ccccn2)c2ccccc12)C(=O)O. The van der Waals surface area contributed by atoms with E-state index in [0.29, 0.717) is 28.6 Å². The first-order valence-electron chi connectivity index (χ1n) is 21.5. The van der Waals surface area contributed by atoms with Gasteiger partial charge in [0.2, 0.25) is 5.91 Å². The molecule has 5 aromatic rings. The lowest BCUT2D eigenvalue weighted by atomic mass is 9.83. The van der Waals surface area contributed by atoms with Crippen molar-refractivity contribution in [2.24, 2.45) is 0 Å². The highest BCUT2D eigenvalue weighted by Gasteiger charge is 2.55. The van der Waals surface area contributed by atoms with Crippen LogP contribution in [0.1, 0.15) is 124 Å². The number of unbranched alkanes of at least 4 members (excludes halogenated alkanes) is 8. The molecule has 0 radical (unpaired) electrons. The molecular weight excluding hydrogens is 755 g/mol. The van der Waals surface area contributed by atoms with E-state index >= 15 is 8.63 Å². The number of para-hydroxylation sites is 1. The van der Waals surface area contributed by atoms with Gasteiger partial charge in [0.1, 0.15) is 17.6 Å². The van der Waals surface area contributed by atoms with Crippen molar-refractivity contribution in [3.63, 3.8) is 0 Å². The minimum atomic E-state index is -4.08. The number of aliphatic carboxylic acids is 1. The van der Waals surface area contributed by atoms with Crippen LogP contribution in [0.15, 0.2) is 96.3 Å². The number of hydrogen-bond donors (Lipinski definition) is 2. The van der Waals surface area contributed by atoms with Crippen LogP contribution in [0.2, 0.25) is 0 Å². The standard InChI is InChI=1S/C49H56BF2N5O3/c1-6-7-8-9-10-11-12-13-14-22-45(58)54-41(49(59)60)32-40-39-19-15-16-20-42(39)55(44-21-17-18-29-53-44)43(40)28-25-37-23-26-38(27-24-37)46-47-33(2)30-35(4)56(47)50(51,52)57-36(5)31-34(3)48(46)57/h15-21,23-31,41H,6-14,22,32H2,1-5H3,(H,54,58)(H,59,60)/b28-25+/t41-/m0/s1. The van der Waals surface area contributed by atoms with E-state index in [1.54, 1.807) is 20.0 Å². The second kappa shape index (κ2) is 18.2. The molecule has 8 nitrogen and oxygen atoms in total. The second-order valence-corrected chi connectivity index (χ2v) is 16.4. The number of aryl methyl sites for hydroxylation is 2. The van der Waals surface area contributed by atoms with Gasteiger partial charge in [0.05, 0.1) is 16.8 Å². The van der Waals surface area contributed by atoms with Crippen molar-refractivity contribution in [1.82, 2.24) is 19.3 Å².